The number of anilines is 1. The lowest BCUT2D eigenvalue weighted by molar-refractivity contribution is -0.146. The number of rotatable bonds is 10. The smallest absolute Gasteiger partial charge is 0.308 e. The van der Waals surface area contributed by atoms with Crippen LogP contribution in [-0.2, 0) is 14.3 Å². The van der Waals surface area contributed by atoms with E-state index in [1.54, 1.807) is 62.4 Å². The first kappa shape index (κ1) is 26.3. The fourth-order valence-electron chi connectivity index (χ4n) is 3.47. The third-order valence-electron chi connectivity index (χ3n) is 5.55. The summed E-state index contributed by atoms with van der Waals surface area (Å²) in [6, 6.07) is 23.6. The first-order valence-corrected chi connectivity index (χ1v) is 11.8. The average molecular weight is 487 g/mol. The minimum Gasteiger partial charge on any atom is -0.454 e. The second kappa shape index (κ2) is 12.4. The molecule has 0 radical (unpaired) electrons. The summed E-state index contributed by atoms with van der Waals surface area (Å²) in [5, 5.41) is 5.65. The highest BCUT2D eigenvalue weighted by Crippen LogP contribution is 2.20. The van der Waals surface area contributed by atoms with Gasteiger partial charge in [0.05, 0.1) is 12.5 Å². The molecule has 2 atom stereocenters. The summed E-state index contributed by atoms with van der Waals surface area (Å²) in [4.78, 5) is 50.1. The number of ketones is 1. The summed E-state index contributed by atoms with van der Waals surface area (Å²) in [5.74, 6) is -1.58. The first-order chi connectivity index (χ1) is 17.2. The second-order valence-electron chi connectivity index (χ2n) is 8.72. The van der Waals surface area contributed by atoms with Gasteiger partial charge in [-0.1, -0.05) is 62.4 Å². The summed E-state index contributed by atoms with van der Waals surface area (Å²) in [7, 11) is 0. The van der Waals surface area contributed by atoms with E-state index in [0.29, 0.717) is 16.8 Å². The van der Waals surface area contributed by atoms with Gasteiger partial charge < -0.3 is 15.4 Å². The Morgan fingerprint density at radius 3 is 1.92 bits per heavy atom. The van der Waals surface area contributed by atoms with E-state index in [1.165, 1.54) is 6.92 Å². The van der Waals surface area contributed by atoms with E-state index in [4.69, 9.17) is 4.74 Å². The van der Waals surface area contributed by atoms with Crippen LogP contribution in [0.4, 0.5) is 5.69 Å². The number of Topliss-reactive ketones (excluding diaryl/α,β-unsaturated/α-hetero) is 1. The molecule has 0 aliphatic carbocycles. The first-order valence-electron chi connectivity index (χ1n) is 11.8. The van der Waals surface area contributed by atoms with E-state index in [1.807, 2.05) is 36.4 Å². The molecule has 7 nitrogen and oxygen atoms in total. The largest absolute Gasteiger partial charge is 0.454 e. The molecule has 0 bridgehead atoms. The van der Waals surface area contributed by atoms with Crippen molar-refractivity contribution in [2.45, 2.75) is 39.3 Å². The highest BCUT2D eigenvalue weighted by atomic mass is 16.5. The molecule has 0 saturated carbocycles. The second-order valence-corrected chi connectivity index (χ2v) is 8.72. The Morgan fingerprint density at radius 1 is 0.750 bits per heavy atom. The molecule has 36 heavy (non-hydrogen) atoms. The molecule has 2 N–H and O–H groups in total. The number of hydrogen-bond acceptors (Lipinski definition) is 5. The van der Waals surface area contributed by atoms with Crippen molar-refractivity contribution < 1.29 is 23.9 Å². The third-order valence-corrected chi connectivity index (χ3v) is 5.55. The van der Waals surface area contributed by atoms with Gasteiger partial charge in [-0.15, -0.1) is 0 Å². The summed E-state index contributed by atoms with van der Waals surface area (Å²) in [6.45, 7) is 5.09. The fourth-order valence-corrected chi connectivity index (χ4v) is 3.47. The molecule has 0 aromatic heterocycles. The quantitative estimate of drug-likeness (QED) is 0.312. The van der Waals surface area contributed by atoms with Crippen molar-refractivity contribution in [2.75, 3.05) is 5.32 Å². The molecular weight excluding hydrogens is 456 g/mol. The van der Waals surface area contributed by atoms with Gasteiger partial charge >= 0.3 is 5.97 Å². The van der Waals surface area contributed by atoms with Crippen molar-refractivity contribution in [2.24, 2.45) is 5.92 Å². The van der Waals surface area contributed by atoms with Crippen LogP contribution < -0.4 is 10.6 Å². The Hall–Kier alpha value is -4.26. The van der Waals surface area contributed by atoms with Crippen molar-refractivity contribution in [3.63, 3.8) is 0 Å². The number of esters is 1. The van der Waals surface area contributed by atoms with Gasteiger partial charge in [-0.25, -0.2) is 0 Å². The zero-order valence-corrected chi connectivity index (χ0v) is 20.6. The average Bonchev–Trinajstić information content (AvgIpc) is 2.89. The topological polar surface area (TPSA) is 102 Å². The third kappa shape index (κ3) is 7.37. The van der Waals surface area contributed by atoms with Gasteiger partial charge in [0.2, 0.25) is 11.7 Å². The Kier molecular flexibility index (Phi) is 9.11. The molecule has 3 aromatic carbocycles. The maximum Gasteiger partial charge on any atom is 0.308 e. The minimum absolute atomic E-state index is 0.122. The number of carbonyl (C=O) groups excluding carboxylic acids is 4. The maximum atomic E-state index is 12.8. The molecule has 0 heterocycles. The molecule has 3 aromatic rings. The number of hydrogen-bond donors (Lipinski definition) is 2. The molecule has 0 fully saturated rings. The molecule has 0 aliphatic rings. The van der Waals surface area contributed by atoms with Crippen LogP contribution in [0.3, 0.4) is 0 Å². The van der Waals surface area contributed by atoms with Gasteiger partial charge in [0.25, 0.3) is 5.91 Å². The fraction of sp³-hybridized carbons (Fsp3) is 0.241. The lowest BCUT2D eigenvalue weighted by Crippen LogP contribution is -2.32. The van der Waals surface area contributed by atoms with E-state index < -0.39 is 18.1 Å². The van der Waals surface area contributed by atoms with Crippen molar-refractivity contribution in [1.82, 2.24) is 5.32 Å². The van der Waals surface area contributed by atoms with Crippen LogP contribution in [0.2, 0.25) is 0 Å². The van der Waals surface area contributed by atoms with E-state index in [2.05, 4.69) is 10.6 Å². The molecule has 3 rings (SSSR count). The maximum absolute atomic E-state index is 12.8. The van der Waals surface area contributed by atoms with Crippen molar-refractivity contribution in [1.29, 1.82) is 0 Å². The van der Waals surface area contributed by atoms with Crippen LogP contribution in [0.1, 0.15) is 59.5 Å². The summed E-state index contributed by atoms with van der Waals surface area (Å²) >= 11 is 0. The van der Waals surface area contributed by atoms with Crippen LogP contribution in [-0.4, -0.2) is 29.7 Å². The zero-order chi connectivity index (χ0) is 26.1. The molecule has 0 spiro atoms. The van der Waals surface area contributed by atoms with Crippen molar-refractivity contribution >= 4 is 29.3 Å². The predicted octanol–water partition coefficient (Wildman–Crippen LogP) is 4.96. The van der Waals surface area contributed by atoms with Crippen molar-refractivity contribution in [3.8, 4) is 0 Å². The molecule has 0 unspecified atom stereocenters. The molecule has 0 aliphatic heterocycles. The monoisotopic (exact) mass is 486 g/mol. The number of ether oxygens (including phenoxy) is 1. The van der Waals surface area contributed by atoms with Crippen LogP contribution in [0.15, 0.2) is 84.9 Å². The summed E-state index contributed by atoms with van der Waals surface area (Å²) in [6.07, 6.45) is -1.16. The van der Waals surface area contributed by atoms with E-state index in [0.717, 1.165) is 5.56 Å². The van der Waals surface area contributed by atoms with Gasteiger partial charge in [-0.2, -0.15) is 0 Å². The number of carbonyl (C=O) groups is 4. The highest BCUT2D eigenvalue weighted by Gasteiger charge is 2.24. The van der Waals surface area contributed by atoms with Crippen LogP contribution in [0, 0.1) is 5.92 Å². The Morgan fingerprint density at radius 2 is 1.33 bits per heavy atom. The number of nitrogens with one attached hydrogen (secondary N) is 2. The molecule has 2 amide bonds. The molecule has 7 heteroatoms. The van der Waals surface area contributed by atoms with Crippen LogP contribution in [0.5, 0.6) is 0 Å². The van der Waals surface area contributed by atoms with Crippen LogP contribution in [0.25, 0.3) is 0 Å². The van der Waals surface area contributed by atoms with Gasteiger partial charge in [0.1, 0.15) is 0 Å². The Labute approximate surface area is 210 Å². The van der Waals surface area contributed by atoms with Crippen LogP contribution >= 0.6 is 0 Å². The van der Waals surface area contributed by atoms with Gasteiger partial charge in [-0.3, -0.25) is 19.2 Å². The lowest BCUT2D eigenvalue weighted by Gasteiger charge is -2.20. The van der Waals surface area contributed by atoms with E-state index in [-0.39, 0.29) is 29.9 Å². The Balaban J connectivity index is 1.64. The SMILES string of the molecule is CC(C)C(=O)Nc1ccc(C(=O)[C@@H](C)OC(=O)C[C@@H](NC(=O)c2ccccc2)c2ccccc2)cc1. The number of benzene rings is 3. The van der Waals surface area contributed by atoms with Gasteiger partial charge in [-0.05, 0) is 48.9 Å². The van der Waals surface area contributed by atoms with Gasteiger partial charge in [0, 0.05) is 22.7 Å². The summed E-state index contributed by atoms with van der Waals surface area (Å²) in [5.41, 5.74) is 2.16. The lowest BCUT2D eigenvalue weighted by atomic mass is 10.0. The minimum atomic E-state index is -1.02. The van der Waals surface area contributed by atoms with Crippen molar-refractivity contribution in [3.05, 3.63) is 102 Å². The standard InChI is InChI=1S/C29H30N2O5/c1-19(2)28(34)30-24-16-14-22(15-17-24)27(33)20(3)36-26(32)18-25(21-10-6-4-7-11-21)31-29(35)23-12-8-5-9-13-23/h4-17,19-20,25H,18H2,1-3H3,(H,30,34)(H,31,35)/t20-,25-/m1/s1. The molecular formula is C29H30N2O5. The molecule has 186 valence electrons. The Bertz CT molecular complexity index is 1190. The molecule has 0 saturated heterocycles. The predicted molar refractivity (Wildman–Crippen MR) is 138 cm³/mol. The normalized spacial score (nSPS) is 12.3. The van der Waals surface area contributed by atoms with Gasteiger partial charge in [0.15, 0.2) is 6.10 Å². The zero-order valence-electron chi connectivity index (χ0n) is 20.6. The van der Waals surface area contributed by atoms with E-state index in [9.17, 15) is 19.2 Å². The summed E-state index contributed by atoms with van der Waals surface area (Å²) < 4.78 is 5.42. The van der Waals surface area contributed by atoms with E-state index >= 15 is 0 Å². The number of amides is 2. The highest BCUT2D eigenvalue weighted by molar-refractivity contribution is 6.01.